The molecule has 106 valence electrons. The quantitative estimate of drug-likeness (QED) is 0.571. The molecule has 0 bridgehead atoms. The summed E-state index contributed by atoms with van der Waals surface area (Å²) in [6, 6.07) is 0. The molecule has 19 heavy (non-hydrogen) atoms. The van der Waals surface area contributed by atoms with Gasteiger partial charge in [0, 0.05) is 50.9 Å². The van der Waals surface area contributed by atoms with Gasteiger partial charge in [0.25, 0.3) is 0 Å². The maximum atomic E-state index is 12.2. The topological polar surface area (TPSA) is 59.4 Å². The van der Waals surface area contributed by atoms with Crippen LogP contribution in [0.25, 0.3) is 0 Å². The maximum absolute atomic E-state index is 12.2. The van der Waals surface area contributed by atoms with E-state index >= 15 is 0 Å². The number of hydrogen-bond acceptors (Lipinski definition) is 5. The zero-order chi connectivity index (χ0) is 14.4. The van der Waals surface area contributed by atoms with Gasteiger partial charge in [-0.05, 0) is 26.9 Å². The van der Waals surface area contributed by atoms with Crippen molar-refractivity contribution in [2.24, 2.45) is 0 Å². The Hall–Kier alpha value is -1.62. The fourth-order valence-electron chi connectivity index (χ4n) is 1.87. The van der Waals surface area contributed by atoms with E-state index in [4.69, 9.17) is 5.41 Å². The highest BCUT2D eigenvalue weighted by Gasteiger charge is 2.24. The summed E-state index contributed by atoms with van der Waals surface area (Å²) in [6.07, 6.45) is 4.83. The van der Waals surface area contributed by atoms with Crippen molar-refractivity contribution in [1.29, 1.82) is 5.41 Å². The molecule has 1 fully saturated rings. The van der Waals surface area contributed by atoms with Crippen LogP contribution in [0, 0.1) is 5.41 Å². The number of carbonyl (C=O) groups is 1. The van der Waals surface area contributed by atoms with E-state index in [0.717, 1.165) is 18.7 Å². The second-order valence-corrected chi connectivity index (χ2v) is 5.24. The van der Waals surface area contributed by atoms with E-state index in [2.05, 4.69) is 10.2 Å². The molecule has 0 saturated heterocycles. The molecule has 0 aromatic heterocycles. The lowest BCUT2D eigenvalue weighted by Gasteiger charge is -2.19. The molecule has 0 spiro atoms. The highest BCUT2D eigenvalue weighted by atomic mass is 16.1. The van der Waals surface area contributed by atoms with Gasteiger partial charge >= 0.3 is 0 Å². The molecular weight excluding hydrogens is 240 g/mol. The largest absolute Gasteiger partial charge is 0.389 e. The summed E-state index contributed by atoms with van der Waals surface area (Å²) in [6.45, 7) is 1.66. The molecule has 0 amide bonds. The van der Waals surface area contributed by atoms with E-state index in [1.807, 2.05) is 39.3 Å². The smallest absolute Gasteiger partial charge is 0.193 e. The Morgan fingerprint density at radius 1 is 1.26 bits per heavy atom. The van der Waals surface area contributed by atoms with Gasteiger partial charge in [-0.1, -0.05) is 0 Å². The van der Waals surface area contributed by atoms with Gasteiger partial charge in [-0.3, -0.25) is 4.79 Å². The molecule has 1 saturated carbocycles. The third-order valence-corrected chi connectivity index (χ3v) is 2.87. The summed E-state index contributed by atoms with van der Waals surface area (Å²) in [4.78, 5) is 16.2. The summed E-state index contributed by atoms with van der Waals surface area (Å²) >= 11 is 0. The van der Waals surface area contributed by atoms with Crippen molar-refractivity contribution < 1.29 is 4.79 Å². The minimum atomic E-state index is -0.0256. The Morgan fingerprint density at radius 2 is 1.95 bits per heavy atom. The fourth-order valence-corrected chi connectivity index (χ4v) is 1.87. The summed E-state index contributed by atoms with van der Waals surface area (Å²) in [5.41, 5.74) is 1.71. The van der Waals surface area contributed by atoms with Gasteiger partial charge in [-0.15, -0.1) is 0 Å². The lowest BCUT2D eigenvalue weighted by molar-refractivity contribution is -0.112. The summed E-state index contributed by atoms with van der Waals surface area (Å²) < 4.78 is 0. The van der Waals surface area contributed by atoms with Gasteiger partial charge in [0.1, 0.15) is 0 Å². The monoisotopic (exact) mass is 264 g/mol. The van der Waals surface area contributed by atoms with Gasteiger partial charge in [0.15, 0.2) is 5.78 Å². The van der Waals surface area contributed by atoms with Gasteiger partial charge in [-0.25, -0.2) is 0 Å². The number of nitrogens with one attached hydrogen (secondary N) is 2. The van der Waals surface area contributed by atoms with E-state index < -0.39 is 0 Å². The zero-order valence-corrected chi connectivity index (χ0v) is 12.3. The van der Waals surface area contributed by atoms with Crippen LogP contribution in [-0.4, -0.2) is 62.6 Å². The molecule has 0 atom stereocenters. The average Bonchev–Trinajstić information content (AvgIpc) is 2.31. The van der Waals surface area contributed by atoms with E-state index in [0.29, 0.717) is 24.1 Å². The van der Waals surface area contributed by atoms with Crippen LogP contribution in [0.5, 0.6) is 0 Å². The van der Waals surface area contributed by atoms with Crippen LogP contribution < -0.4 is 5.32 Å². The van der Waals surface area contributed by atoms with Gasteiger partial charge in [0.05, 0.1) is 5.57 Å². The molecule has 1 rings (SSSR count). The number of allylic oxidation sites excluding steroid dienone is 2. The molecule has 1 aliphatic rings. The van der Waals surface area contributed by atoms with Crippen LogP contribution in [0.15, 0.2) is 23.5 Å². The Kier molecular flexibility index (Phi) is 5.76. The minimum absolute atomic E-state index is 0.0256. The molecule has 0 radical (unpaired) electrons. The van der Waals surface area contributed by atoms with Crippen molar-refractivity contribution in [1.82, 2.24) is 15.1 Å². The van der Waals surface area contributed by atoms with Crippen LogP contribution in [0.1, 0.15) is 12.8 Å². The summed E-state index contributed by atoms with van der Waals surface area (Å²) in [5, 5.41) is 11.0. The molecular formula is C14H24N4O. The third-order valence-electron chi connectivity index (χ3n) is 2.87. The minimum Gasteiger partial charge on any atom is -0.389 e. The van der Waals surface area contributed by atoms with Crippen molar-refractivity contribution in [2.75, 3.05) is 41.3 Å². The van der Waals surface area contributed by atoms with E-state index in [1.165, 1.54) is 0 Å². The molecule has 0 aromatic rings. The molecule has 2 N–H and O–H groups in total. The van der Waals surface area contributed by atoms with Crippen LogP contribution in [0.3, 0.4) is 0 Å². The van der Waals surface area contributed by atoms with Crippen LogP contribution >= 0.6 is 0 Å². The molecule has 0 unspecified atom stereocenters. The number of ketones is 1. The summed E-state index contributed by atoms with van der Waals surface area (Å²) in [7, 11) is 7.80. The standard InChI is InChI=1S/C14H24N4O/c1-17(2)8-7-16-9-12-13(15)6-5-11(14(12)19)10-18(3)4/h9-10,15-16H,5-8H2,1-4H3/b11-10-,12-9+,15-13?. The van der Waals surface area contributed by atoms with Crippen LogP contribution in [0.4, 0.5) is 0 Å². The first-order chi connectivity index (χ1) is 8.91. The van der Waals surface area contributed by atoms with Crippen LogP contribution in [-0.2, 0) is 4.79 Å². The van der Waals surface area contributed by atoms with Crippen molar-refractivity contribution in [2.45, 2.75) is 12.8 Å². The molecule has 0 aromatic carbocycles. The van der Waals surface area contributed by atoms with Crippen LogP contribution in [0.2, 0.25) is 0 Å². The second-order valence-electron chi connectivity index (χ2n) is 5.24. The average molecular weight is 264 g/mol. The molecule has 5 heteroatoms. The summed E-state index contributed by atoms with van der Waals surface area (Å²) in [5.74, 6) is -0.0256. The maximum Gasteiger partial charge on any atom is 0.193 e. The van der Waals surface area contributed by atoms with Crippen molar-refractivity contribution in [3.8, 4) is 0 Å². The van der Waals surface area contributed by atoms with E-state index in [1.54, 1.807) is 6.20 Å². The zero-order valence-electron chi connectivity index (χ0n) is 12.3. The third kappa shape index (κ3) is 4.87. The number of Topliss-reactive ketones (excluding diaryl/α,β-unsaturated/α-hetero) is 1. The van der Waals surface area contributed by atoms with Crippen molar-refractivity contribution in [3.63, 3.8) is 0 Å². The normalized spacial score (nSPS) is 20.5. The Bertz CT molecular complexity index is 408. The lowest BCUT2D eigenvalue weighted by atomic mass is 9.88. The SMILES string of the molecule is CN(C)/C=C1/CCC(=N)/C(=C\NCCN(C)C)C1=O. The first-order valence-electron chi connectivity index (χ1n) is 6.49. The van der Waals surface area contributed by atoms with Gasteiger partial charge < -0.3 is 20.5 Å². The molecule has 0 aliphatic heterocycles. The molecule has 1 aliphatic carbocycles. The number of hydrogen-bond donors (Lipinski definition) is 2. The second kappa shape index (κ2) is 7.09. The lowest BCUT2D eigenvalue weighted by Crippen LogP contribution is -2.27. The van der Waals surface area contributed by atoms with E-state index in [-0.39, 0.29) is 5.78 Å². The molecule has 0 heterocycles. The Balaban J connectivity index is 2.71. The predicted molar refractivity (Wildman–Crippen MR) is 78.4 cm³/mol. The highest BCUT2D eigenvalue weighted by molar-refractivity contribution is 6.28. The number of rotatable bonds is 5. The fraction of sp³-hybridized carbons (Fsp3) is 0.571. The Labute approximate surface area is 115 Å². The predicted octanol–water partition coefficient (Wildman–Crippen LogP) is 0.850. The number of nitrogens with zero attached hydrogens (tertiary/aromatic N) is 2. The van der Waals surface area contributed by atoms with Crippen molar-refractivity contribution >= 4 is 11.5 Å². The molecule has 5 nitrogen and oxygen atoms in total. The Morgan fingerprint density at radius 3 is 2.53 bits per heavy atom. The van der Waals surface area contributed by atoms with Crippen molar-refractivity contribution in [3.05, 3.63) is 23.5 Å². The highest BCUT2D eigenvalue weighted by Crippen LogP contribution is 2.21. The number of carbonyl (C=O) groups excluding carboxylic acids is 1. The van der Waals surface area contributed by atoms with E-state index in [9.17, 15) is 4.79 Å². The van der Waals surface area contributed by atoms with Gasteiger partial charge in [0.2, 0.25) is 0 Å². The number of likely N-dealkylation sites (N-methyl/N-ethyl adjacent to an activating group) is 1. The first-order valence-corrected chi connectivity index (χ1v) is 6.49. The first kappa shape index (κ1) is 15.4. The van der Waals surface area contributed by atoms with Gasteiger partial charge in [-0.2, -0.15) is 0 Å².